The van der Waals surface area contributed by atoms with E-state index in [1.165, 1.54) is 0 Å². The fourth-order valence-electron chi connectivity index (χ4n) is 1.49. The molecule has 1 aromatic carbocycles. The summed E-state index contributed by atoms with van der Waals surface area (Å²) in [6.07, 6.45) is 0.816. The summed E-state index contributed by atoms with van der Waals surface area (Å²) in [4.78, 5) is 0. The van der Waals surface area contributed by atoms with Crippen LogP contribution in [0.1, 0.15) is 18.9 Å². The first-order chi connectivity index (χ1) is 8.72. The average molecular weight is 319 g/mol. The minimum Gasteiger partial charge on any atom is -0.490 e. The van der Waals surface area contributed by atoms with Crippen molar-refractivity contribution >= 4 is 15.9 Å². The molecule has 0 radical (unpaired) electrons. The molecule has 0 amide bonds. The number of aliphatic hydroxyl groups is 1. The highest BCUT2D eigenvalue weighted by Gasteiger charge is 2.11. The maximum Gasteiger partial charge on any atom is 0.175 e. The summed E-state index contributed by atoms with van der Waals surface area (Å²) in [5.74, 6) is 1.32. The summed E-state index contributed by atoms with van der Waals surface area (Å²) in [5.41, 5.74) is 0.787. The molecular formula is C13H19BrO4. The van der Waals surface area contributed by atoms with Crippen LogP contribution < -0.4 is 9.47 Å². The minimum absolute atomic E-state index is 0.0252. The third-order valence-electron chi connectivity index (χ3n) is 2.29. The molecule has 18 heavy (non-hydrogen) atoms. The van der Waals surface area contributed by atoms with E-state index < -0.39 is 0 Å². The number of benzene rings is 1. The van der Waals surface area contributed by atoms with Crippen molar-refractivity contribution in [3.8, 4) is 11.5 Å². The molecule has 1 rings (SSSR count). The quantitative estimate of drug-likeness (QED) is 0.749. The highest BCUT2D eigenvalue weighted by atomic mass is 79.9. The molecule has 0 aliphatic rings. The fourth-order valence-corrected chi connectivity index (χ4v) is 2.10. The molecule has 0 aliphatic heterocycles. The van der Waals surface area contributed by atoms with Crippen LogP contribution in [0.2, 0.25) is 0 Å². The van der Waals surface area contributed by atoms with E-state index >= 15 is 0 Å². The Morgan fingerprint density at radius 1 is 1.22 bits per heavy atom. The second-order valence-corrected chi connectivity index (χ2v) is 4.55. The number of ether oxygens (including phenoxy) is 3. The first-order valence-corrected chi connectivity index (χ1v) is 6.70. The summed E-state index contributed by atoms with van der Waals surface area (Å²) in [6, 6.07) is 3.62. The van der Waals surface area contributed by atoms with Crippen molar-refractivity contribution in [2.24, 2.45) is 0 Å². The van der Waals surface area contributed by atoms with Crippen molar-refractivity contribution < 1.29 is 19.3 Å². The van der Waals surface area contributed by atoms with E-state index in [0.717, 1.165) is 16.5 Å². The first-order valence-electron chi connectivity index (χ1n) is 5.90. The van der Waals surface area contributed by atoms with Crippen LogP contribution >= 0.6 is 15.9 Å². The number of hydrogen-bond donors (Lipinski definition) is 1. The molecule has 1 aromatic rings. The highest BCUT2D eigenvalue weighted by molar-refractivity contribution is 9.10. The molecule has 0 bridgehead atoms. The smallest absolute Gasteiger partial charge is 0.175 e. The maximum absolute atomic E-state index is 9.16. The molecule has 1 N–H and O–H groups in total. The Balaban J connectivity index is 2.79. The van der Waals surface area contributed by atoms with E-state index in [9.17, 15) is 0 Å². The van der Waals surface area contributed by atoms with Gasteiger partial charge in [0.25, 0.3) is 0 Å². The van der Waals surface area contributed by atoms with Crippen LogP contribution in [0.15, 0.2) is 16.6 Å². The van der Waals surface area contributed by atoms with E-state index in [1.54, 1.807) is 13.2 Å². The van der Waals surface area contributed by atoms with Crippen molar-refractivity contribution in [1.82, 2.24) is 0 Å². The number of methoxy groups -OCH3 is 1. The Kier molecular flexibility index (Phi) is 7.08. The monoisotopic (exact) mass is 318 g/mol. The van der Waals surface area contributed by atoms with Crippen LogP contribution in [0.3, 0.4) is 0 Å². The Hall–Kier alpha value is -0.780. The number of halogens is 1. The van der Waals surface area contributed by atoms with Crippen molar-refractivity contribution in [2.45, 2.75) is 20.0 Å². The Morgan fingerprint density at radius 2 is 2.00 bits per heavy atom. The molecule has 0 fully saturated rings. The van der Waals surface area contributed by atoms with Gasteiger partial charge in [-0.2, -0.15) is 0 Å². The summed E-state index contributed by atoms with van der Waals surface area (Å²) >= 11 is 3.43. The fraction of sp³-hybridized carbons (Fsp3) is 0.538. The Labute approximate surface area is 116 Å². The van der Waals surface area contributed by atoms with Gasteiger partial charge < -0.3 is 19.3 Å². The van der Waals surface area contributed by atoms with Crippen LogP contribution in [-0.2, 0) is 11.3 Å². The van der Waals surface area contributed by atoms with Crippen molar-refractivity contribution in [3.63, 3.8) is 0 Å². The van der Waals surface area contributed by atoms with Gasteiger partial charge in [0, 0.05) is 20.1 Å². The number of aliphatic hydroxyl groups excluding tert-OH is 1. The predicted octanol–water partition coefficient (Wildman–Crippen LogP) is 2.76. The molecule has 0 unspecified atom stereocenters. The molecule has 0 heterocycles. The standard InChI is InChI=1S/C13H19BrO4/c1-3-17-12-8-10(9-15)7-11(14)13(12)18-6-4-5-16-2/h7-8,15H,3-6,9H2,1-2H3. The normalized spacial score (nSPS) is 10.4. The minimum atomic E-state index is -0.0252. The highest BCUT2D eigenvalue weighted by Crippen LogP contribution is 2.37. The summed E-state index contributed by atoms with van der Waals surface area (Å²) < 4.78 is 17.0. The lowest BCUT2D eigenvalue weighted by Crippen LogP contribution is -2.04. The Morgan fingerprint density at radius 3 is 2.61 bits per heavy atom. The van der Waals surface area contributed by atoms with Gasteiger partial charge in [-0.3, -0.25) is 0 Å². The first kappa shape index (κ1) is 15.3. The van der Waals surface area contributed by atoms with Gasteiger partial charge in [0.1, 0.15) is 0 Å². The average Bonchev–Trinajstić information content (AvgIpc) is 2.37. The summed E-state index contributed by atoms with van der Waals surface area (Å²) in [7, 11) is 1.66. The second kappa shape index (κ2) is 8.34. The Bertz CT molecular complexity index is 368. The zero-order chi connectivity index (χ0) is 13.4. The largest absolute Gasteiger partial charge is 0.490 e. The zero-order valence-corrected chi connectivity index (χ0v) is 12.3. The van der Waals surface area contributed by atoms with Crippen LogP contribution in [0.4, 0.5) is 0 Å². The lowest BCUT2D eigenvalue weighted by Gasteiger charge is -2.14. The topological polar surface area (TPSA) is 47.9 Å². The molecular weight excluding hydrogens is 300 g/mol. The van der Waals surface area contributed by atoms with Crippen LogP contribution in [-0.4, -0.2) is 32.0 Å². The van der Waals surface area contributed by atoms with Crippen LogP contribution in [0, 0.1) is 0 Å². The molecule has 5 heteroatoms. The van der Waals surface area contributed by atoms with Crippen molar-refractivity contribution in [2.75, 3.05) is 26.9 Å². The van der Waals surface area contributed by atoms with E-state index in [2.05, 4.69) is 15.9 Å². The van der Waals surface area contributed by atoms with Gasteiger partial charge in [-0.15, -0.1) is 0 Å². The number of rotatable bonds is 8. The van der Waals surface area contributed by atoms with Gasteiger partial charge in [-0.25, -0.2) is 0 Å². The predicted molar refractivity (Wildman–Crippen MR) is 73.2 cm³/mol. The second-order valence-electron chi connectivity index (χ2n) is 3.69. The number of hydrogen-bond acceptors (Lipinski definition) is 4. The van der Waals surface area contributed by atoms with Gasteiger partial charge in [0.2, 0.25) is 0 Å². The van der Waals surface area contributed by atoms with Crippen LogP contribution in [0.25, 0.3) is 0 Å². The molecule has 102 valence electrons. The van der Waals surface area contributed by atoms with Gasteiger partial charge in [0.15, 0.2) is 11.5 Å². The molecule has 0 aliphatic carbocycles. The maximum atomic E-state index is 9.16. The summed E-state index contributed by atoms with van der Waals surface area (Å²) in [6.45, 7) is 3.66. The lowest BCUT2D eigenvalue weighted by molar-refractivity contribution is 0.169. The van der Waals surface area contributed by atoms with Gasteiger partial charge in [-0.05, 0) is 40.5 Å². The molecule has 0 saturated carbocycles. The lowest BCUT2D eigenvalue weighted by atomic mass is 10.2. The van der Waals surface area contributed by atoms with Crippen molar-refractivity contribution in [3.05, 3.63) is 22.2 Å². The molecule has 0 saturated heterocycles. The molecule has 0 aromatic heterocycles. The molecule has 4 nitrogen and oxygen atoms in total. The van der Waals surface area contributed by atoms with Gasteiger partial charge in [-0.1, -0.05) is 0 Å². The van der Waals surface area contributed by atoms with Gasteiger partial charge >= 0.3 is 0 Å². The molecule has 0 atom stereocenters. The summed E-state index contributed by atoms with van der Waals surface area (Å²) in [5, 5.41) is 9.16. The SMILES string of the molecule is CCOc1cc(CO)cc(Br)c1OCCCOC. The van der Waals surface area contributed by atoms with E-state index in [4.69, 9.17) is 19.3 Å². The van der Waals surface area contributed by atoms with Gasteiger partial charge in [0.05, 0.1) is 24.3 Å². The van der Waals surface area contributed by atoms with E-state index in [-0.39, 0.29) is 6.61 Å². The third kappa shape index (κ3) is 4.48. The van der Waals surface area contributed by atoms with Crippen LogP contribution in [0.5, 0.6) is 11.5 Å². The van der Waals surface area contributed by atoms with Crippen molar-refractivity contribution in [1.29, 1.82) is 0 Å². The van der Waals surface area contributed by atoms with E-state index in [0.29, 0.717) is 31.3 Å². The molecule has 0 spiro atoms. The van der Waals surface area contributed by atoms with E-state index in [1.807, 2.05) is 13.0 Å². The third-order valence-corrected chi connectivity index (χ3v) is 2.88. The zero-order valence-electron chi connectivity index (χ0n) is 10.7.